The summed E-state index contributed by atoms with van der Waals surface area (Å²) in [5.74, 6) is 0.432. The lowest BCUT2D eigenvalue weighted by Crippen LogP contribution is -2.03. The van der Waals surface area contributed by atoms with Crippen LogP contribution in [0.3, 0.4) is 0 Å². The van der Waals surface area contributed by atoms with Gasteiger partial charge in [-0.15, -0.1) is 11.3 Å². The molecular formula is C15H16FNO2S2. The van der Waals surface area contributed by atoms with Gasteiger partial charge in [-0.3, -0.25) is 4.79 Å². The molecule has 0 saturated carbocycles. The fourth-order valence-electron chi connectivity index (χ4n) is 1.69. The van der Waals surface area contributed by atoms with E-state index in [9.17, 15) is 9.18 Å². The van der Waals surface area contributed by atoms with E-state index in [4.69, 9.17) is 4.74 Å². The number of ether oxygens (including phenoxy) is 1. The third-order valence-electron chi connectivity index (χ3n) is 2.68. The normalized spacial score (nSPS) is 10.6. The van der Waals surface area contributed by atoms with E-state index in [1.54, 1.807) is 42.2 Å². The zero-order chi connectivity index (χ0) is 15.1. The van der Waals surface area contributed by atoms with E-state index >= 15 is 0 Å². The van der Waals surface area contributed by atoms with E-state index in [2.05, 4.69) is 4.98 Å². The summed E-state index contributed by atoms with van der Waals surface area (Å²) in [5.41, 5.74) is 1.76. The summed E-state index contributed by atoms with van der Waals surface area (Å²) in [6.07, 6.45) is 1.21. The Balaban J connectivity index is 1.81. The van der Waals surface area contributed by atoms with Gasteiger partial charge in [0, 0.05) is 23.1 Å². The molecule has 1 heterocycles. The Hall–Kier alpha value is -1.40. The van der Waals surface area contributed by atoms with Gasteiger partial charge in [0.1, 0.15) is 5.82 Å². The van der Waals surface area contributed by atoms with Gasteiger partial charge in [0.05, 0.1) is 12.3 Å². The molecule has 21 heavy (non-hydrogen) atoms. The molecule has 1 aromatic carbocycles. The first-order chi connectivity index (χ1) is 10.2. The molecule has 0 spiro atoms. The van der Waals surface area contributed by atoms with Crippen LogP contribution in [0.1, 0.15) is 19.8 Å². The summed E-state index contributed by atoms with van der Waals surface area (Å²) in [4.78, 5) is 15.7. The number of aromatic nitrogens is 1. The summed E-state index contributed by atoms with van der Waals surface area (Å²) < 4.78 is 18.7. The molecule has 3 nitrogen and oxygen atoms in total. The molecular weight excluding hydrogens is 309 g/mol. The van der Waals surface area contributed by atoms with Crippen molar-refractivity contribution in [3.8, 4) is 11.3 Å². The van der Waals surface area contributed by atoms with E-state index in [1.807, 2.05) is 5.38 Å². The van der Waals surface area contributed by atoms with E-state index in [1.165, 1.54) is 12.1 Å². The summed E-state index contributed by atoms with van der Waals surface area (Å²) in [6.45, 7) is 2.23. The van der Waals surface area contributed by atoms with Crippen LogP contribution in [-0.2, 0) is 9.53 Å². The maximum absolute atomic E-state index is 12.9. The van der Waals surface area contributed by atoms with Gasteiger partial charge in [-0.25, -0.2) is 9.37 Å². The Morgan fingerprint density at radius 2 is 2.14 bits per heavy atom. The Labute approximate surface area is 131 Å². The Morgan fingerprint density at radius 1 is 1.38 bits per heavy atom. The predicted octanol–water partition coefficient (Wildman–Crippen LogP) is 4.38. The van der Waals surface area contributed by atoms with Crippen LogP contribution in [0.15, 0.2) is 34.0 Å². The SMILES string of the molecule is CCOC(=O)CCCSc1nc(-c2ccc(F)cc2)cs1. The van der Waals surface area contributed by atoms with Crippen LogP contribution in [0.4, 0.5) is 4.39 Å². The second kappa shape index (κ2) is 8.14. The summed E-state index contributed by atoms with van der Waals surface area (Å²) in [7, 11) is 0. The van der Waals surface area contributed by atoms with Crippen LogP contribution >= 0.6 is 23.1 Å². The molecule has 0 aliphatic carbocycles. The number of benzene rings is 1. The second-order valence-corrected chi connectivity index (χ2v) is 6.46. The Morgan fingerprint density at radius 3 is 2.86 bits per heavy atom. The van der Waals surface area contributed by atoms with E-state index < -0.39 is 0 Å². The smallest absolute Gasteiger partial charge is 0.305 e. The fourth-order valence-corrected chi connectivity index (χ4v) is 3.53. The number of halogens is 1. The van der Waals surface area contributed by atoms with Crippen molar-refractivity contribution >= 4 is 29.1 Å². The molecule has 6 heteroatoms. The van der Waals surface area contributed by atoms with Crippen LogP contribution in [0.5, 0.6) is 0 Å². The van der Waals surface area contributed by atoms with Gasteiger partial charge >= 0.3 is 5.97 Å². The van der Waals surface area contributed by atoms with Crippen molar-refractivity contribution < 1.29 is 13.9 Å². The van der Waals surface area contributed by atoms with Crippen molar-refractivity contribution in [2.45, 2.75) is 24.1 Å². The number of carbonyl (C=O) groups is 1. The van der Waals surface area contributed by atoms with E-state index in [0.717, 1.165) is 27.8 Å². The first kappa shape index (κ1) is 16.0. The number of nitrogens with zero attached hydrogens (tertiary/aromatic N) is 1. The molecule has 0 aliphatic rings. The minimum atomic E-state index is -0.248. The molecule has 0 atom stereocenters. The van der Waals surface area contributed by atoms with Gasteiger partial charge in [0.25, 0.3) is 0 Å². The third kappa shape index (κ3) is 5.13. The molecule has 0 unspecified atom stereocenters. The molecule has 2 aromatic rings. The molecule has 2 rings (SSSR count). The Kier molecular flexibility index (Phi) is 6.20. The third-order valence-corrected chi connectivity index (χ3v) is 4.79. The van der Waals surface area contributed by atoms with Gasteiger partial charge in [-0.05, 0) is 37.6 Å². The highest BCUT2D eigenvalue weighted by Crippen LogP contribution is 2.28. The van der Waals surface area contributed by atoms with E-state index in [0.29, 0.717) is 13.0 Å². The summed E-state index contributed by atoms with van der Waals surface area (Å²) in [5, 5.41) is 1.96. The number of esters is 1. The molecule has 0 fully saturated rings. The van der Waals surface area contributed by atoms with Crippen molar-refractivity contribution in [1.82, 2.24) is 4.98 Å². The number of thiazole rings is 1. The first-order valence-corrected chi connectivity index (χ1v) is 8.55. The highest BCUT2D eigenvalue weighted by molar-refractivity contribution is 8.01. The van der Waals surface area contributed by atoms with Gasteiger partial charge in [0.2, 0.25) is 0 Å². The average molecular weight is 325 g/mol. The van der Waals surface area contributed by atoms with E-state index in [-0.39, 0.29) is 11.8 Å². The van der Waals surface area contributed by atoms with Gasteiger partial charge in [0.15, 0.2) is 4.34 Å². The van der Waals surface area contributed by atoms with Crippen molar-refractivity contribution in [3.63, 3.8) is 0 Å². The van der Waals surface area contributed by atoms with Crippen LogP contribution in [0, 0.1) is 5.82 Å². The topological polar surface area (TPSA) is 39.2 Å². The molecule has 1 aromatic heterocycles. The molecule has 0 saturated heterocycles. The zero-order valence-corrected chi connectivity index (χ0v) is 13.3. The van der Waals surface area contributed by atoms with Crippen LogP contribution < -0.4 is 0 Å². The molecule has 0 bridgehead atoms. The maximum atomic E-state index is 12.9. The van der Waals surface area contributed by atoms with Crippen LogP contribution in [0.25, 0.3) is 11.3 Å². The fraction of sp³-hybridized carbons (Fsp3) is 0.333. The van der Waals surface area contributed by atoms with Gasteiger partial charge < -0.3 is 4.74 Å². The van der Waals surface area contributed by atoms with Gasteiger partial charge in [-0.2, -0.15) is 0 Å². The second-order valence-electron chi connectivity index (χ2n) is 4.26. The zero-order valence-electron chi connectivity index (χ0n) is 11.7. The van der Waals surface area contributed by atoms with Crippen molar-refractivity contribution in [3.05, 3.63) is 35.5 Å². The van der Waals surface area contributed by atoms with Crippen molar-refractivity contribution in [2.75, 3.05) is 12.4 Å². The minimum Gasteiger partial charge on any atom is -0.466 e. The number of carbonyl (C=O) groups excluding carboxylic acids is 1. The predicted molar refractivity (Wildman–Crippen MR) is 84.1 cm³/mol. The van der Waals surface area contributed by atoms with Crippen LogP contribution in [-0.4, -0.2) is 23.3 Å². The molecule has 0 aliphatic heterocycles. The lowest BCUT2D eigenvalue weighted by Gasteiger charge is -2.00. The lowest BCUT2D eigenvalue weighted by atomic mass is 10.2. The molecule has 0 radical (unpaired) electrons. The monoisotopic (exact) mass is 325 g/mol. The summed E-state index contributed by atoms with van der Waals surface area (Å²) >= 11 is 3.18. The summed E-state index contributed by atoms with van der Waals surface area (Å²) in [6, 6.07) is 6.31. The maximum Gasteiger partial charge on any atom is 0.305 e. The number of hydrogen-bond donors (Lipinski definition) is 0. The number of thioether (sulfide) groups is 1. The van der Waals surface area contributed by atoms with Crippen molar-refractivity contribution in [2.24, 2.45) is 0 Å². The minimum absolute atomic E-state index is 0.149. The molecule has 112 valence electrons. The standard InChI is InChI=1S/C15H16FNO2S2/c1-2-19-14(18)4-3-9-20-15-17-13(10-21-15)11-5-7-12(16)8-6-11/h5-8,10H,2-4,9H2,1H3. The Bertz CT molecular complexity index is 584. The quantitative estimate of drug-likeness (QED) is 0.430. The van der Waals surface area contributed by atoms with Gasteiger partial charge in [-0.1, -0.05) is 11.8 Å². The molecule has 0 N–H and O–H groups in total. The first-order valence-electron chi connectivity index (χ1n) is 6.69. The highest BCUT2D eigenvalue weighted by atomic mass is 32.2. The highest BCUT2D eigenvalue weighted by Gasteiger charge is 2.06. The lowest BCUT2D eigenvalue weighted by molar-refractivity contribution is -0.143. The largest absolute Gasteiger partial charge is 0.466 e. The number of rotatable bonds is 7. The number of hydrogen-bond acceptors (Lipinski definition) is 5. The van der Waals surface area contributed by atoms with Crippen molar-refractivity contribution in [1.29, 1.82) is 0 Å². The van der Waals surface area contributed by atoms with Crippen LogP contribution in [0.2, 0.25) is 0 Å². The average Bonchev–Trinajstić information content (AvgIpc) is 2.93. The molecule has 0 amide bonds.